The molecule has 0 fully saturated rings. The number of hydrogen-bond acceptors (Lipinski definition) is 4. The Hall–Kier alpha value is -0.840. The minimum atomic E-state index is -0.180. The standard InChI is InChI=1S/C13H21ClN2O2/c1-13(2,17-4)5-6-18-12-7-10(8-15-3)11(14)9-16-12/h7,9,15H,5-6,8H2,1-4H3. The number of aromatic nitrogens is 1. The van der Waals surface area contributed by atoms with Crippen LogP contribution in [0.1, 0.15) is 25.8 Å². The van der Waals surface area contributed by atoms with Gasteiger partial charge in [-0.2, -0.15) is 0 Å². The van der Waals surface area contributed by atoms with Crippen LogP contribution < -0.4 is 10.1 Å². The summed E-state index contributed by atoms with van der Waals surface area (Å²) in [5.74, 6) is 0.594. The average molecular weight is 273 g/mol. The van der Waals surface area contributed by atoms with Gasteiger partial charge in [0, 0.05) is 32.3 Å². The van der Waals surface area contributed by atoms with Crippen LogP contribution >= 0.6 is 11.6 Å². The fourth-order valence-corrected chi connectivity index (χ4v) is 1.54. The Bertz CT molecular complexity index is 383. The van der Waals surface area contributed by atoms with E-state index in [1.807, 2.05) is 27.0 Å². The number of rotatable bonds is 7. The summed E-state index contributed by atoms with van der Waals surface area (Å²) < 4.78 is 10.9. The van der Waals surface area contributed by atoms with Gasteiger partial charge < -0.3 is 14.8 Å². The minimum absolute atomic E-state index is 0.180. The second-order valence-corrected chi connectivity index (χ2v) is 5.11. The molecule has 0 saturated heterocycles. The van der Waals surface area contributed by atoms with E-state index >= 15 is 0 Å². The summed E-state index contributed by atoms with van der Waals surface area (Å²) in [6, 6.07) is 1.86. The highest BCUT2D eigenvalue weighted by Crippen LogP contribution is 2.20. The summed E-state index contributed by atoms with van der Waals surface area (Å²) in [7, 11) is 3.57. The molecule has 0 aliphatic carbocycles. The normalized spacial score (nSPS) is 11.6. The summed E-state index contributed by atoms with van der Waals surface area (Å²) >= 11 is 6.03. The van der Waals surface area contributed by atoms with Gasteiger partial charge in [-0.1, -0.05) is 11.6 Å². The topological polar surface area (TPSA) is 43.4 Å². The zero-order valence-corrected chi connectivity index (χ0v) is 12.2. The Balaban J connectivity index is 2.55. The molecule has 0 bridgehead atoms. The Morgan fingerprint density at radius 2 is 2.17 bits per heavy atom. The molecule has 0 unspecified atom stereocenters. The molecule has 0 saturated carbocycles. The first-order chi connectivity index (χ1) is 8.48. The molecular weight excluding hydrogens is 252 g/mol. The molecule has 4 nitrogen and oxygen atoms in total. The highest BCUT2D eigenvalue weighted by Gasteiger charge is 2.16. The van der Waals surface area contributed by atoms with Gasteiger partial charge in [-0.25, -0.2) is 4.98 Å². The first-order valence-corrected chi connectivity index (χ1v) is 6.33. The van der Waals surface area contributed by atoms with E-state index in [-0.39, 0.29) is 5.60 Å². The third-order valence-electron chi connectivity index (χ3n) is 2.78. The number of ether oxygens (including phenoxy) is 2. The van der Waals surface area contributed by atoms with E-state index in [0.29, 0.717) is 24.1 Å². The molecule has 0 radical (unpaired) electrons. The molecule has 1 N–H and O–H groups in total. The van der Waals surface area contributed by atoms with Crippen molar-refractivity contribution in [2.75, 3.05) is 20.8 Å². The predicted octanol–water partition coefficient (Wildman–Crippen LogP) is 2.65. The van der Waals surface area contributed by atoms with Crippen LogP contribution in [0.15, 0.2) is 12.3 Å². The van der Waals surface area contributed by atoms with E-state index in [9.17, 15) is 0 Å². The van der Waals surface area contributed by atoms with Crippen molar-refractivity contribution >= 4 is 11.6 Å². The molecule has 1 aromatic heterocycles. The lowest BCUT2D eigenvalue weighted by molar-refractivity contribution is 0.00508. The Kier molecular flexibility index (Phi) is 5.85. The smallest absolute Gasteiger partial charge is 0.213 e. The highest BCUT2D eigenvalue weighted by atomic mass is 35.5. The second kappa shape index (κ2) is 6.92. The third kappa shape index (κ3) is 4.80. The van der Waals surface area contributed by atoms with Crippen molar-refractivity contribution in [1.29, 1.82) is 0 Å². The monoisotopic (exact) mass is 272 g/mol. The van der Waals surface area contributed by atoms with Crippen LogP contribution in [-0.4, -0.2) is 31.3 Å². The number of nitrogens with zero attached hydrogens (tertiary/aromatic N) is 1. The van der Waals surface area contributed by atoms with Gasteiger partial charge in [-0.15, -0.1) is 0 Å². The first-order valence-electron chi connectivity index (χ1n) is 5.95. The van der Waals surface area contributed by atoms with E-state index in [0.717, 1.165) is 12.0 Å². The van der Waals surface area contributed by atoms with Gasteiger partial charge in [-0.05, 0) is 26.5 Å². The Morgan fingerprint density at radius 1 is 1.44 bits per heavy atom. The Labute approximate surface area is 114 Å². The molecule has 0 atom stereocenters. The zero-order chi connectivity index (χ0) is 13.6. The predicted molar refractivity (Wildman–Crippen MR) is 73.2 cm³/mol. The van der Waals surface area contributed by atoms with Gasteiger partial charge in [0.05, 0.1) is 17.2 Å². The van der Waals surface area contributed by atoms with Crippen molar-refractivity contribution in [3.05, 3.63) is 22.8 Å². The van der Waals surface area contributed by atoms with Crippen LogP contribution in [0.5, 0.6) is 5.88 Å². The first kappa shape index (κ1) is 15.2. The second-order valence-electron chi connectivity index (χ2n) is 4.71. The number of halogens is 1. The lowest BCUT2D eigenvalue weighted by Crippen LogP contribution is -2.25. The van der Waals surface area contributed by atoms with Crippen LogP contribution in [-0.2, 0) is 11.3 Å². The SMILES string of the molecule is CNCc1cc(OCCC(C)(C)OC)ncc1Cl. The lowest BCUT2D eigenvalue weighted by Gasteiger charge is -2.22. The van der Waals surface area contributed by atoms with Gasteiger partial charge in [0.2, 0.25) is 5.88 Å². The maximum absolute atomic E-state index is 6.03. The summed E-state index contributed by atoms with van der Waals surface area (Å²) in [6.45, 7) is 5.31. The van der Waals surface area contributed by atoms with E-state index in [1.54, 1.807) is 13.3 Å². The van der Waals surface area contributed by atoms with Gasteiger partial charge in [0.1, 0.15) is 0 Å². The molecule has 0 amide bonds. The van der Waals surface area contributed by atoms with Gasteiger partial charge >= 0.3 is 0 Å². The van der Waals surface area contributed by atoms with E-state index in [2.05, 4.69) is 10.3 Å². The molecule has 0 aliphatic heterocycles. The molecular formula is C13H21ClN2O2. The molecule has 1 rings (SSSR count). The van der Waals surface area contributed by atoms with Crippen LogP contribution in [0.25, 0.3) is 0 Å². The molecule has 0 spiro atoms. The summed E-state index contributed by atoms with van der Waals surface area (Å²) in [5, 5.41) is 3.70. The van der Waals surface area contributed by atoms with Crippen LogP contribution in [0.2, 0.25) is 5.02 Å². The van der Waals surface area contributed by atoms with Crippen LogP contribution in [0.3, 0.4) is 0 Å². The third-order valence-corrected chi connectivity index (χ3v) is 3.12. The van der Waals surface area contributed by atoms with Gasteiger partial charge in [0.25, 0.3) is 0 Å². The van der Waals surface area contributed by atoms with Crippen molar-refractivity contribution in [3.63, 3.8) is 0 Å². The average Bonchev–Trinajstić information content (AvgIpc) is 2.33. The van der Waals surface area contributed by atoms with Crippen molar-refractivity contribution in [1.82, 2.24) is 10.3 Å². The van der Waals surface area contributed by atoms with Gasteiger partial charge in [0.15, 0.2) is 0 Å². The number of methoxy groups -OCH3 is 1. The molecule has 18 heavy (non-hydrogen) atoms. The van der Waals surface area contributed by atoms with E-state index in [1.165, 1.54) is 0 Å². The molecule has 1 aromatic rings. The summed E-state index contributed by atoms with van der Waals surface area (Å²) in [4.78, 5) is 4.14. The molecule has 0 aromatic carbocycles. The number of pyridine rings is 1. The quantitative estimate of drug-likeness (QED) is 0.829. The molecule has 0 aliphatic rings. The maximum atomic E-state index is 6.03. The zero-order valence-electron chi connectivity index (χ0n) is 11.4. The summed E-state index contributed by atoms with van der Waals surface area (Å²) in [5.41, 5.74) is 0.801. The highest BCUT2D eigenvalue weighted by molar-refractivity contribution is 6.31. The van der Waals surface area contributed by atoms with Crippen molar-refractivity contribution in [2.24, 2.45) is 0 Å². The maximum Gasteiger partial charge on any atom is 0.213 e. The fourth-order valence-electron chi connectivity index (χ4n) is 1.37. The van der Waals surface area contributed by atoms with Crippen LogP contribution in [0.4, 0.5) is 0 Å². The summed E-state index contributed by atoms with van der Waals surface area (Å²) in [6.07, 6.45) is 2.42. The van der Waals surface area contributed by atoms with E-state index < -0.39 is 0 Å². The molecule has 102 valence electrons. The molecule has 5 heteroatoms. The van der Waals surface area contributed by atoms with Crippen molar-refractivity contribution in [2.45, 2.75) is 32.4 Å². The number of hydrogen-bond donors (Lipinski definition) is 1. The van der Waals surface area contributed by atoms with E-state index in [4.69, 9.17) is 21.1 Å². The van der Waals surface area contributed by atoms with Crippen LogP contribution in [0, 0.1) is 0 Å². The van der Waals surface area contributed by atoms with Crippen molar-refractivity contribution < 1.29 is 9.47 Å². The largest absolute Gasteiger partial charge is 0.478 e. The lowest BCUT2D eigenvalue weighted by atomic mass is 10.1. The fraction of sp³-hybridized carbons (Fsp3) is 0.615. The number of nitrogens with one attached hydrogen (secondary N) is 1. The van der Waals surface area contributed by atoms with Crippen molar-refractivity contribution in [3.8, 4) is 5.88 Å². The Morgan fingerprint density at radius 3 is 2.78 bits per heavy atom. The minimum Gasteiger partial charge on any atom is -0.478 e. The molecule has 1 heterocycles. The van der Waals surface area contributed by atoms with Gasteiger partial charge in [-0.3, -0.25) is 0 Å².